The fourth-order valence-corrected chi connectivity index (χ4v) is 2.99. The van der Waals surface area contributed by atoms with Crippen LogP contribution in [0.15, 0.2) is 24.3 Å². The van der Waals surface area contributed by atoms with Crippen LogP contribution in [0, 0.1) is 5.92 Å². The van der Waals surface area contributed by atoms with Crippen LogP contribution in [0.1, 0.15) is 32.8 Å². The SMILES string of the molecule is CC(C)C(NC(=O)C(Cc1ccc(O)cc1)NC(=O)C(N)C(C)O)C(=O)NC(CC(=O)O)C(=O)O. The highest BCUT2D eigenvalue weighted by molar-refractivity contribution is 5.95. The first-order valence-electron chi connectivity index (χ1n) is 10.8. The average molecular weight is 497 g/mol. The van der Waals surface area contributed by atoms with E-state index in [9.17, 15) is 39.3 Å². The number of carbonyl (C=O) groups is 5. The standard InChI is InChI=1S/C22H32N4O9/c1-10(2)18(21(33)25-15(22(34)35)9-16(29)30)26-19(31)14(24-20(32)17(23)11(3)27)8-12-4-6-13(28)7-5-12/h4-7,10-11,14-15,17-18,27-28H,8-9,23H2,1-3H3,(H,24,32)(H,25,33)(H,26,31)(H,29,30)(H,34,35). The van der Waals surface area contributed by atoms with Crippen LogP contribution in [-0.2, 0) is 30.4 Å². The smallest absolute Gasteiger partial charge is 0.326 e. The number of aromatic hydroxyl groups is 1. The minimum absolute atomic E-state index is 0.0131. The number of aliphatic hydroxyl groups excluding tert-OH is 1. The molecule has 1 aromatic carbocycles. The van der Waals surface area contributed by atoms with Crippen molar-refractivity contribution in [3.8, 4) is 5.75 Å². The topological polar surface area (TPSA) is 228 Å². The summed E-state index contributed by atoms with van der Waals surface area (Å²) in [5, 5.41) is 44.1. The maximum absolute atomic E-state index is 13.1. The van der Waals surface area contributed by atoms with Crippen LogP contribution in [0.2, 0.25) is 0 Å². The zero-order valence-corrected chi connectivity index (χ0v) is 19.6. The molecular weight excluding hydrogens is 464 g/mol. The van der Waals surface area contributed by atoms with E-state index in [2.05, 4.69) is 16.0 Å². The number of hydrogen-bond acceptors (Lipinski definition) is 8. The molecule has 0 aliphatic carbocycles. The van der Waals surface area contributed by atoms with Crippen molar-refractivity contribution < 1.29 is 44.4 Å². The number of phenolic OH excluding ortho intramolecular Hbond substituents is 1. The van der Waals surface area contributed by atoms with Crippen LogP contribution < -0.4 is 21.7 Å². The van der Waals surface area contributed by atoms with Gasteiger partial charge in [0.15, 0.2) is 0 Å². The summed E-state index contributed by atoms with van der Waals surface area (Å²) in [6.07, 6.45) is -2.13. The van der Waals surface area contributed by atoms with Gasteiger partial charge in [-0.2, -0.15) is 0 Å². The summed E-state index contributed by atoms with van der Waals surface area (Å²) in [5.41, 5.74) is 6.20. The number of nitrogens with two attached hydrogens (primary N) is 1. The molecule has 0 saturated carbocycles. The van der Waals surface area contributed by atoms with E-state index in [1.54, 1.807) is 13.8 Å². The number of benzene rings is 1. The molecule has 0 saturated heterocycles. The Morgan fingerprint density at radius 2 is 1.40 bits per heavy atom. The van der Waals surface area contributed by atoms with Crippen LogP contribution in [0.25, 0.3) is 0 Å². The number of carboxylic acid groups (broad SMARTS) is 2. The highest BCUT2D eigenvalue weighted by Crippen LogP contribution is 2.12. The lowest BCUT2D eigenvalue weighted by molar-refractivity contribution is -0.147. The summed E-state index contributed by atoms with van der Waals surface area (Å²) in [5.74, 6) is -6.09. The Bertz CT molecular complexity index is 918. The van der Waals surface area contributed by atoms with Crippen molar-refractivity contribution in [1.82, 2.24) is 16.0 Å². The Hall–Kier alpha value is -3.71. The predicted molar refractivity (Wildman–Crippen MR) is 122 cm³/mol. The van der Waals surface area contributed by atoms with Gasteiger partial charge in [-0.3, -0.25) is 19.2 Å². The van der Waals surface area contributed by atoms with E-state index in [1.165, 1.54) is 31.2 Å². The summed E-state index contributed by atoms with van der Waals surface area (Å²) >= 11 is 0. The van der Waals surface area contributed by atoms with Crippen LogP contribution in [0.5, 0.6) is 5.75 Å². The number of phenols is 1. The number of rotatable bonds is 13. The number of carbonyl (C=O) groups excluding carboxylic acids is 3. The van der Waals surface area contributed by atoms with Gasteiger partial charge in [0.2, 0.25) is 17.7 Å². The molecular formula is C22H32N4O9. The Morgan fingerprint density at radius 3 is 1.86 bits per heavy atom. The van der Waals surface area contributed by atoms with Gasteiger partial charge in [-0.25, -0.2) is 4.79 Å². The van der Waals surface area contributed by atoms with E-state index in [4.69, 9.17) is 10.8 Å². The van der Waals surface area contributed by atoms with Gasteiger partial charge in [-0.15, -0.1) is 0 Å². The van der Waals surface area contributed by atoms with E-state index in [1.807, 2.05) is 0 Å². The lowest BCUT2D eigenvalue weighted by Gasteiger charge is -2.27. The third-order valence-corrected chi connectivity index (χ3v) is 5.07. The molecule has 0 fully saturated rings. The molecule has 0 aliphatic heterocycles. The van der Waals surface area contributed by atoms with Crippen molar-refractivity contribution in [2.75, 3.05) is 0 Å². The van der Waals surface area contributed by atoms with Gasteiger partial charge < -0.3 is 42.1 Å². The molecule has 0 spiro atoms. The number of nitrogens with one attached hydrogen (secondary N) is 3. The van der Waals surface area contributed by atoms with Gasteiger partial charge in [0.05, 0.1) is 12.5 Å². The number of aliphatic carboxylic acids is 2. The van der Waals surface area contributed by atoms with Crippen molar-refractivity contribution in [2.45, 2.75) is 63.9 Å². The molecule has 0 heterocycles. The maximum atomic E-state index is 13.1. The van der Waals surface area contributed by atoms with E-state index in [-0.39, 0.29) is 12.2 Å². The highest BCUT2D eigenvalue weighted by Gasteiger charge is 2.33. The second kappa shape index (κ2) is 13.2. The molecule has 5 unspecified atom stereocenters. The van der Waals surface area contributed by atoms with Crippen molar-refractivity contribution >= 4 is 29.7 Å². The Labute approximate surface area is 201 Å². The molecule has 0 bridgehead atoms. The minimum Gasteiger partial charge on any atom is -0.508 e. The second-order valence-corrected chi connectivity index (χ2v) is 8.43. The summed E-state index contributed by atoms with van der Waals surface area (Å²) in [6, 6.07) is 0.247. The Kier molecular flexibility index (Phi) is 11.1. The normalized spacial score (nSPS) is 15.3. The fourth-order valence-electron chi connectivity index (χ4n) is 2.99. The number of amides is 3. The second-order valence-electron chi connectivity index (χ2n) is 8.43. The summed E-state index contributed by atoms with van der Waals surface area (Å²) in [7, 11) is 0. The Morgan fingerprint density at radius 1 is 0.857 bits per heavy atom. The monoisotopic (exact) mass is 496 g/mol. The van der Waals surface area contributed by atoms with Crippen molar-refractivity contribution in [3.63, 3.8) is 0 Å². The third kappa shape index (κ3) is 9.59. The molecule has 5 atom stereocenters. The molecule has 35 heavy (non-hydrogen) atoms. The first-order chi connectivity index (χ1) is 16.2. The van der Waals surface area contributed by atoms with Crippen LogP contribution >= 0.6 is 0 Å². The van der Waals surface area contributed by atoms with Gasteiger partial charge in [-0.05, 0) is 30.5 Å². The predicted octanol–water partition coefficient (Wildman–Crippen LogP) is -1.69. The highest BCUT2D eigenvalue weighted by atomic mass is 16.4. The van der Waals surface area contributed by atoms with Crippen molar-refractivity contribution in [3.05, 3.63) is 29.8 Å². The summed E-state index contributed by atoms with van der Waals surface area (Å²) in [6.45, 7) is 4.46. The lowest BCUT2D eigenvalue weighted by Crippen LogP contribution is -2.59. The molecule has 9 N–H and O–H groups in total. The van der Waals surface area contributed by atoms with Gasteiger partial charge in [-0.1, -0.05) is 26.0 Å². The van der Waals surface area contributed by atoms with Crippen molar-refractivity contribution in [2.24, 2.45) is 11.7 Å². The van der Waals surface area contributed by atoms with Gasteiger partial charge in [0, 0.05) is 6.42 Å². The van der Waals surface area contributed by atoms with Gasteiger partial charge in [0.1, 0.15) is 29.9 Å². The zero-order chi connectivity index (χ0) is 26.9. The Balaban J connectivity index is 3.11. The van der Waals surface area contributed by atoms with Crippen LogP contribution in [0.3, 0.4) is 0 Å². The van der Waals surface area contributed by atoms with Crippen LogP contribution in [0.4, 0.5) is 0 Å². The molecule has 13 nitrogen and oxygen atoms in total. The molecule has 0 aliphatic rings. The number of aliphatic hydroxyl groups is 1. The first kappa shape index (κ1) is 29.3. The molecule has 3 amide bonds. The average Bonchev–Trinajstić information content (AvgIpc) is 2.76. The lowest BCUT2D eigenvalue weighted by atomic mass is 10.00. The molecule has 1 aromatic rings. The fraction of sp³-hybridized carbons (Fsp3) is 0.500. The third-order valence-electron chi connectivity index (χ3n) is 5.07. The first-order valence-corrected chi connectivity index (χ1v) is 10.8. The van der Waals surface area contributed by atoms with Gasteiger partial charge >= 0.3 is 11.9 Å². The van der Waals surface area contributed by atoms with E-state index in [0.717, 1.165) is 0 Å². The van der Waals surface area contributed by atoms with Crippen LogP contribution in [-0.4, -0.2) is 80.4 Å². The summed E-state index contributed by atoms with van der Waals surface area (Å²) < 4.78 is 0. The quantitative estimate of drug-likeness (QED) is 0.154. The summed E-state index contributed by atoms with van der Waals surface area (Å²) in [4.78, 5) is 60.4. The zero-order valence-electron chi connectivity index (χ0n) is 19.6. The largest absolute Gasteiger partial charge is 0.508 e. The van der Waals surface area contributed by atoms with Gasteiger partial charge in [0.25, 0.3) is 0 Å². The van der Waals surface area contributed by atoms with E-state index >= 15 is 0 Å². The molecule has 0 radical (unpaired) electrons. The number of carboxylic acids is 2. The number of hydrogen-bond donors (Lipinski definition) is 8. The molecule has 0 aromatic heterocycles. The van der Waals surface area contributed by atoms with E-state index < -0.39 is 72.3 Å². The molecule has 1 rings (SSSR count). The maximum Gasteiger partial charge on any atom is 0.326 e. The van der Waals surface area contributed by atoms with Crippen molar-refractivity contribution in [1.29, 1.82) is 0 Å². The minimum atomic E-state index is -1.71. The molecule has 13 heteroatoms. The van der Waals surface area contributed by atoms with E-state index in [0.29, 0.717) is 5.56 Å². The molecule has 194 valence electrons.